The van der Waals surface area contributed by atoms with Crippen molar-refractivity contribution in [2.45, 2.75) is 45.5 Å². The predicted molar refractivity (Wildman–Crippen MR) is 156 cm³/mol. The molecule has 0 saturated carbocycles. The average Bonchev–Trinajstić information content (AvgIpc) is 2.95. The van der Waals surface area contributed by atoms with Gasteiger partial charge in [-0.1, -0.05) is 45.0 Å². The van der Waals surface area contributed by atoms with Crippen LogP contribution in [0.25, 0.3) is 11.1 Å². The number of carbonyl (C=O) groups is 2. The molecule has 0 bridgehead atoms. The molecule has 2 fully saturated rings. The van der Waals surface area contributed by atoms with Crippen molar-refractivity contribution < 1.29 is 27.3 Å². The SMILES string of the molecule is CC[Si]1(C)OCCN(C(=O)c2ccc(-c3ccc(C(=O)N4CCO[Si](CC)(CC)OCC4)cc3)cc2)CCO1. The number of nitrogens with zero attached hydrogens (tertiary/aromatic N) is 2. The molecule has 2 aromatic rings. The average molecular weight is 571 g/mol. The Labute approximate surface area is 234 Å². The van der Waals surface area contributed by atoms with Crippen molar-refractivity contribution in [2.24, 2.45) is 0 Å². The van der Waals surface area contributed by atoms with Crippen LogP contribution in [0.4, 0.5) is 0 Å². The van der Waals surface area contributed by atoms with Crippen molar-refractivity contribution in [1.82, 2.24) is 9.80 Å². The minimum atomic E-state index is -2.11. The standard InChI is InChI=1S/C29H42N2O6Si2/c1-5-38(4)34-20-16-30(17-21-35-38)28(32)26-12-8-24(9-13-26)25-10-14-27(15-11-25)29(33)31-18-22-36-39(6-2,7-3)37-23-19-31/h8-15H,5-7,16-23H2,1-4H3. The predicted octanol–water partition coefficient (Wildman–Crippen LogP) is 4.91. The number of amides is 2. The van der Waals surface area contributed by atoms with Crippen molar-refractivity contribution in [3.63, 3.8) is 0 Å². The zero-order valence-electron chi connectivity index (χ0n) is 23.7. The number of hydrogen-bond acceptors (Lipinski definition) is 6. The number of carbonyl (C=O) groups excluding carboxylic acids is 2. The van der Waals surface area contributed by atoms with Gasteiger partial charge in [-0.15, -0.1) is 0 Å². The van der Waals surface area contributed by atoms with Crippen LogP contribution in [0.2, 0.25) is 24.7 Å². The number of rotatable bonds is 6. The van der Waals surface area contributed by atoms with Gasteiger partial charge in [0.1, 0.15) is 0 Å². The molecule has 2 saturated heterocycles. The molecule has 0 aromatic heterocycles. The summed E-state index contributed by atoms with van der Waals surface area (Å²) in [6, 6.07) is 18.0. The first kappa shape index (κ1) is 29.6. The van der Waals surface area contributed by atoms with Crippen LogP contribution in [-0.4, -0.2) is 91.3 Å². The normalized spacial score (nSPS) is 19.9. The minimum Gasteiger partial charge on any atom is -0.392 e. The van der Waals surface area contributed by atoms with Gasteiger partial charge in [-0.05, 0) is 60.1 Å². The molecule has 2 aromatic carbocycles. The highest BCUT2D eigenvalue weighted by Gasteiger charge is 2.35. The van der Waals surface area contributed by atoms with E-state index in [0.717, 1.165) is 29.3 Å². The van der Waals surface area contributed by atoms with E-state index in [-0.39, 0.29) is 11.8 Å². The first-order chi connectivity index (χ1) is 18.8. The van der Waals surface area contributed by atoms with Gasteiger partial charge in [-0.2, -0.15) is 0 Å². The Hall–Kier alpha value is -2.35. The minimum absolute atomic E-state index is 0.0139. The molecule has 39 heavy (non-hydrogen) atoms. The lowest BCUT2D eigenvalue weighted by Crippen LogP contribution is -2.48. The third kappa shape index (κ3) is 7.25. The molecule has 2 aliphatic heterocycles. The molecular weight excluding hydrogens is 528 g/mol. The van der Waals surface area contributed by atoms with Crippen molar-refractivity contribution in [3.8, 4) is 11.1 Å². The van der Waals surface area contributed by atoms with E-state index in [1.165, 1.54) is 0 Å². The molecule has 212 valence electrons. The zero-order valence-corrected chi connectivity index (χ0v) is 25.7. The van der Waals surface area contributed by atoms with Crippen LogP contribution >= 0.6 is 0 Å². The second-order valence-electron chi connectivity index (χ2n) is 10.2. The Balaban J connectivity index is 1.35. The maximum Gasteiger partial charge on any atom is 0.337 e. The molecular formula is C29H42N2O6Si2. The van der Waals surface area contributed by atoms with E-state index in [1.807, 2.05) is 53.4 Å². The van der Waals surface area contributed by atoms with Crippen molar-refractivity contribution in [1.29, 1.82) is 0 Å². The Bertz CT molecular complexity index is 1090. The third-order valence-corrected chi connectivity index (χ3v) is 14.4. The summed E-state index contributed by atoms with van der Waals surface area (Å²) in [7, 11) is -4.19. The third-order valence-electron chi connectivity index (χ3n) is 7.88. The number of hydrogen-bond donors (Lipinski definition) is 0. The second kappa shape index (κ2) is 13.3. The first-order valence-electron chi connectivity index (χ1n) is 14.2. The van der Waals surface area contributed by atoms with E-state index in [0.29, 0.717) is 63.7 Å². The first-order valence-corrected chi connectivity index (χ1v) is 18.9. The second-order valence-corrected chi connectivity index (χ2v) is 17.6. The van der Waals surface area contributed by atoms with E-state index in [9.17, 15) is 9.59 Å². The van der Waals surface area contributed by atoms with Crippen molar-refractivity contribution >= 4 is 28.9 Å². The Morgan fingerprint density at radius 1 is 0.615 bits per heavy atom. The van der Waals surface area contributed by atoms with Gasteiger partial charge in [0.25, 0.3) is 11.8 Å². The summed E-state index contributed by atoms with van der Waals surface area (Å²) in [5.74, 6) is -0.0320. The quantitative estimate of drug-likeness (QED) is 0.460. The fourth-order valence-electron chi connectivity index (χ4n) is 4.98. The van der Waals surface area contributed by atoms with Gasteiger partial charge >= 0.3 is 17.1 Å². The van der Waals surface area contributed by atoms with E-state index in [1.54, 1.807) is 4.90 Å². The van der Waals surface area contributed by atoms with Crippen LogP contribution in [0.5, 0.6) is 0 Å². The lowest BCUT2D eigenvalue weighted by Gasteiger charge is -2.34. The van der Waals surface area contributed by atoms with Crippen LogP contribution in [0.3, 0.4) is 0 Å². The summed E-state index contributed by atoms with van der Waals surface area (Å²) in [6.07, 6.45) is 0. The highest BCUT2D eigenvalue weighted by atomic mass is 28.4. The van der Waals surface area contributed by atoms with Crippen LogP contribution in [-0.2, 0) is 17.7 Å². The summed E-state index contributed by atoms with van der Waals surface area (Å²) < 4.78 is 24.3. The summed E-state index contributed by atoms with van der Waals surface area (Å²) >= 11 is 0. The van der Waals surface area contributed by atoms with Gasteiger partial charge in [0.15, 0.2) is 0 Å². The highest BCUT2D eigenvalue weighted by Crippen LogP contribution is 2.24. The molecule has 0 N–H and O–H groups in total. The summed E-state index contributed by atoms with van der Waals surface area (Å²) in [5.41, 5.74) is 3.26. The van der Waals surface area contributed by atoms with Gasteiger partial charge in [0.2, 0.25) is 0 Å². The Morgan fingerprint density at radius 2 is 0.974 bits per heavy atom. The van der Waals surface area contributed by atoms with Gasteiger partial charge in [-0.25, -0.2) is 0 Å². The van der Waals surface area contributed by atoms with E-state index in [4.69, 9.17) is 17.7 Å². The molecule has 10 heteroatoms. The Morgan fingerprint density at radius 3 is 1.31 bits per heavy atom. The molecule has 0 radical (unpaired) electrons. The molecule has 8 nitrogen and oxygen atoms in total. The molecule has 0 atom stereocenters. The molecule has 2 aliphatic rings. The van der Waals surface area contributed by atoms with Gasteiger partial charge in [-0.3, -0.25) is 9.59 Å². The van der Waals surface area contributed by atoms with E-state index < -0.39 is 17.1 Å². The van der Waals surface area contributed by atoms with Gasteiger partial charge in [0, 0.05) is 37.3 Å². The van der Waals surface area contributed by atoms with Crippen LogP contribution in [0, 0.1) is 0 Å². The largest absolute Gasteiger partial charge is 0.392 e. The molecule has 0 aliphatic carbocycles. The summed E-state index contributed by atoms with van der Waals surface area (Å²) in [4.78, 5) is 29.9. The van der Waals surface area contributed by atoms with Crippen LogP contribution < -0.4 is 0 Å². The maximum atomic E-state index is 13.1. The Kier molecular flexibility index (Phi) is 10.1. The topological polar surface area (TPSA) is 77.5 Å². The molecule has 2 heterocycles. The number of benzene rings is 2. The highest BCUT2D eigenvalue weighted by molar-refractivity contribution is 6.67. The lowest BCUT2D eigenvalue weighted by atomic mass is 10.0. The van der Waals surface area contributed by atoms with Crippen molar-refractivity contribution in [2.75, 3.05) is 52.6 Å². The fraction of sp³-hybridized carbons (Fsp3) is 0.517. The summed E-state index contributed by atoms with van der Waals surface area (Å²) in [6.45, 7) is 12.7. The summed E-state index contributed by atoms with van der Waals surface area (Å²) in [5, 5.41) is 0. The monoisotopic (exact) mass is 570 g/mol. The molecule has 2 amide bonds. The van der Waals surface area contributed by atoms with Gasteiger partial charge in [0.05, 0.1) is 26.4 Å². The molecule has 0 spiro atoms. The van der Waals surface area contributed by atoms with E-state index in [2.05, 4.69) is 27.3 Å². The fourth-order valence-corrected chi connectivity index (χ4v) is 8.84. The van der Waals surface area contributed by atoms with Crippen LogP contribution in [0.15, 0.2) is 48.5 Å². The lowest BCUT2D eigenvalue weighted by molar-refractivity contribution is 0.0578. The zero-order chi connectivity index (χ0) is 27.9. The van der Waals surface area contributed by atoms with E-state index >= 15 is 0 Å². The molecule has 0 unspecified atom stereocenters. The maximum absolute atomic E-state index is 13.1. The van der Waals surface area contributed by atoms with Crippen molar-refractivity contribution in [3.05, 3.63) is 59.7 Å². The van der Waals surface area contributed by atoms with Crippen LogP contribution in [0.1, 0.15) is 41.5 Å². The molecule has 4 rings (SSSR count). The van der Waals surface area contributed by atoms with Gasteiger partial charge < -0.3 is 27.5 Å². The smallest absolute Gasteiger partial charge is 0.337 e.